The fourth-order valence-electron chi connectivity index (χ4n) is 2.20. The summed E-state index contributed by atoms with van der Waals surface area (Å²) in [5, 5.41) is 13.1. The number of carbonyl (C=O) groups is 1. The van der Waals surface area contributed by atoms with Gasteiger partial charge in [0.05, 0.1) is 6.54 Å². The van der Waals surface area contributed by atoms with E-state index in [0.29, 0.717) is 24.7 Å². The van der Waals surface area contributed by atoms with E-state index in [2.05, 4.69) is 10.1 Å². The Bertz CT molecular complexity index is 416. The molecule has 6 nitrogen and oxygen atoms in total. The summed E-state index contributed by atoms with van der Waals surface area (Å²) in [7, 11) is 0. The summed E-state index contributed by atoms with van der Waals surface area (Å²) in [5.41, 5.74) is 0. The zero-order chi connectivity index (χ0) is 13.1. The minimum atomic E-state index is -0.765. The summed E-state index contributed by atoms with van der Waals surface area (Å²) < 4.78 is 5.16. The van der Waals surface area contributed by atoms with Crippen molar-refractivity contribution in [2.45, 2.75) is 51.6 Å². The number of carboxylic acid groups (broad SMARTS) is 1. The quantitative estimate of drug-likeness (QED) is 0.878. The monoisotopic (exact) mass is 253 g/mol. The topological polar surface area (TPSA) is 79.5 Å². The van der Waals surface area contributed by atoms with Crippen LogP contribution in [0.25, 0.3) is 0 Å². The van der Waals surface area contributed by atoms with Crippen molar-refractivity contribution in [3.05, 3.63) is 11.7 Å². The Morgan fingerprint density at radius 2 is 2.33 bits per heavy atom. The largest absolute Gasteiger partial charge is 0.480 e. The maximum atomic E-state index is 11.2. The van der Waals surface area contributed by atoms with Crippen molar-refractivity contribution in [3.8, 4) is 0 Å². The van der Waals surface area contributed by atoms with Gasteiger partial charge in [0.15, 0.2) is 5.82 Å². The molecule has 1 N–H and O–H groups in total. The number of nitrogens with zero attached hydrogens (tertiary/aromatic N) is 3. The second-order valence-electron chi connectivity index (χ2n) is 5.02. The fourth-order valence-corrected chi connectivity index (χ4v) is 2.20. The Morgan fingerprint density at radius 1 is 1.56 bits per heavy atom. The zero-order valence-corrected chi connectivity index (χ0v) is 10.8. The molecule has 0 aliphatic carbocycles. The maximum absolute atomic E-state index is 11.2. The Labute approximate surface area is 106 Å². The number of aromatic nitrogens is 2. The second-order valence-corrected chi connectivity index (χ2v) is 5.02. The average molecular weight is 253 g/mol. The molecule has 1 fully saturated rings. The first kappa shape index (κ1) is 13.0. The fraction of sp³-hybridized carbons (Fsp3) is 0.750. The van der Waals surface area contributed by atoms with Crippen molar-refractivity contribution >= 4 is 5.97 Å². The Morgan fingerprint density at radius 3 is 2.94 bits per heavy atom. The summed E-state index contributed by atoms with van der Waals surface area (Å²) in [6.45, 7) is 5.19. The number of carboxylic acids is 1. The Hall–Kier alpha value is -1.43. The molecule has 1 aromatic heterocycles. The summed E-state index contributed by atoms with van der Waals surface area (Å²) in [6, 6.07) is -0.423. The van der Waals surface area contributed by atoms with Gasteiger partial charge in [0, 0.05) is 5.92 Å². The van der Waals surface area contributed by atoms with Crippen LogP contribution in [0.4, 0.5) is 0 Å². The van der Waals surface area contributed by atoms with Gasteiger partial charge in [-0.15, -0.1) is 0 Å². The van der Waals surface area contributed by atoms with Crippen molar-refractivity contribution in [1.82, 2.24) is 15.0 Å². The first-order chi connectivity index (χ1) is 8.58. The number of rotatable bonds is 4. The molecule has 1 saturated heterocycles. The minimum absolute atomic E-state index is 0.221. The summed E-state index contributed by atoms with van der Waals surface area (Å²) in [5.74, 6) is 0.637. The van der Waals surface area contributed by atoms with E-state index in [4.69, 9.17) is 4.52 Å². The van der Waals surface area contributed by atoms with E-state index in [-0.39, 0.29) is 5.92 Å². The highest BCUT2D eigenvalue weighted by Gasteiger charge is 2.29. The van der Waals surface area contributed by atoms with Gasteiger partial charge >= 0.3 is 5.97 Å². The normalized spacial score (nSPS) is 21.4. The van der Waals surface area contributed by atoms with Gasteiger partial charge in [-0.05, 0) is 19.4 Å². The van der Waals surface area contributed by atoms with Crippen LogP contribution in [0.1, 0.15) is 50.7 Å². The number of piperidine rings is 1. The van der Waals surface area contributed by atoms with Crippen molar-refractivity contribution in [3.63, 3.8) is 0 Å². The molecule has 0 amide bonds. The molecule has 2 rings (SSSR count). The molecule has 6 heteroatoms. The predicted molar refractivity (Wildman–Crippen MR) is 64.1 cm³/mol. The van der Waals surface area contributed by atoms with Crippen molar-refractivity contribution < 1.29 is 14.4 Å². The van der Waals surface area contributed by atoms with Gasteiger partial charge < -0.3 is 9.63 Å². The summed E-state index contributed by atoms with van der Waals surface area (Å²) in [4.78, 5) is 17.4. The van der Waals surface area contributed by atoms with Crippen molar-refractivity contribution in [2.24, 2.45) is 0 Å². The molecule has 1 atom stereocenters. The van der Waals surface area contributed by atoms with Gasteiger partial charge in [-0.3, -0.25) is 9.69 Å². The molecular weight excluding hydrogens is 234 g/mol. The van der Waals surface area contributed by atoms with Crippen LogP contribution in [-0.4, -0.2) is 38.7 Å². The third-order valence-corrected chi connectivity index (χ3v) is 3.24. The molecular formula is C12H19N3O3. The van der Waals surface area contributed by atoms with Crippen LogP contribution in [0.5, 0.6) is 0 Å². The molecule has 0 aromatic carbocycles. The van der Waals surface area contributed by atoms with Crippen molar-refractivity contribution in [1.29, 1.82) is 0 Å². The summed E-state index contributed by atoms with van der Waals surface area (Å²) in [6.07, 6.45) is 2.68. The second kappa shape index (κ2) is 5.48. The van der Waals surface area contributed by atoms with Gasteiger partial charge in [-0.1, -0.05) is 25.4 Å². The number of hydrogen-bond donors (Lipinski definition) is 1. The van der Waals surface area contributed by atoms with Gasteiger partial charge in [-0.25, -0.2) is 0 Å². The highest BCUT2D eigenvalue weighted by Crippen LogP contribution is 2.20. The molecule has 1 aliphatic heterocycles. The Balaban J connectivity index is 2.03. The predicted octanol–water partition coefficient (Wildman–Crippen LogP) is 1.63. The maximum Gasteiger partial charge on any atom is 0.320 e. The lowest BCUT2D eigenvalue weighted by Crippen LogP contribution is -2.44. The van der Waals surface area contributed by atoms with E-state index in [0.717, 1.165) is 19.4 Å². The van der Waals surface area contributed by atoms with Gasteiger partial charge in [0.25, 0.3) is 0 Å². The zero-order valence-electron chi connectivity index (χ0n) is 10.8. The smallest absolute Gasteiger partial charge is 0.320 e. The highest BCUT2D eigenvalue weighted by molar-refractivity contribution is 5.73. The first-order valence-electron chi connectivity index (χ1n) is 6.37. The molecule has 0 bridgehead atoms. The van der Waals surface area contributed by atoms with E-state index in [9.17, 15) is 9.90 Å². The van der Waals surface area contributed by atoms with Crippen LogP contribution in [0.15, 0.2) is 4.52 Å². The number of hydrogen-bond acceptors (Lipinski definition) is 5. The van der Waals surface area contributed by atoms with Crippen molar-refractivity contribution in [2.75, 3.05) is 6.54 Å². The third-order valence-electron chi connectivity index (χ3n) is 3.24. The lowest BCUT2D eigenvalue weighted by molar-refractivity contribution is -0.145. The van der Waals surface area contributed by atoms with Gasteiger partial charge in [0.2, 0.25) is 5.89 Å². The molecule has 0 radical (unpaired) electrons. The number of aliphatic carboxylic acids is 1. The molecule has 2 heterocycles. The van der Waals surface area contributed by atoms with E-state index in [1.54, 1.807) is 0 Å². The van der Waals surface area contributed by atoms with E-state index >= 15 is 0 Å². The van der Waals surface area contributed by atoms with Gasteiger partial charge in [-0.2, -0.15) is 4.98 Å². The SMILES string of the molecule is CC(C)c1noc(CN2CCCCC2C(=O)O)n1. The average Bonchev–Trinajstić information content (AvgIpc) is 2.78. The third kappa shape index (κ3) is 2.87. The van der Waals surface area contributed by atoms with Gasteiger partial charge in [0.1, 0.15) is 6.04 Å². The van der Waals surface area contributed by atoms with Crippen LogP contribution in [0.2, 0.25) is 0 Å². The van der Waals surface area contributed by atoms with Crippen LogP contribution in [0, 0.1) is 0 Å². The van der Waals surface area contributed by atoms with Crippen LogP contribution in [-0.2, 0) is 11.3 Å². The Kier molecular flexibility index (Phi) is 3.96. The first-order valence-corrected chi connectivity index (χ1v) is 6.37. The van der Waals surface area contributed by atoms with E-state index in [1.807, 2.05) is 18.7 Å². The lowest BCUT2D eigenvalue weighted by Gasteiger charge is -2.31. The van der Waals surface area contributed by atoms with Crippen LogP contribution < -0.4 is 0 Å². The molecule has 1 unspecified atom stereocenters. The number of likely N-dealkylation sites (tertiary alicyclic amines) is 1. The molecule has 0 spiro atoms. The van der Waals surface area contributed by atoms with E-state index in [1.165, 1.54) is 0 Å². The van der Waals surface area contributed by atoms with Crippen LogP contribution >= 0.6 is 0 Å². The molecule has 1 aromatic rings. The van der Waals surface area contributed by atoms with Crippen LogP contribution in [0.3, 0.4) is 0 Å². The standard InChI is InChI=1S/C12H19N3O3/c1-8(2)11-13-10(18-14-11)7-15-6-4-3-5-9(15)12(16)17/h8-9H,3-7H2,1-2H3,(H,16,17). The summed E-state index contributed by atoms with van der Waals surface area (Å²) >= 11 is 0. The molecule has 1 aliphatic rings. The molecule has 0 saturated carbocycles. The highest BCUT2D eigenvalue weighted by atomic mass is 16.5. The lowest BCUT2D eigenvalue weighted by atomic mass is 10.0. The van der Waals surface area contributed by atoms with E-state index < -0.39 is 12.0 Å². The molecule has 18 heavy (non-hydrogen) atoms. The molecule has 100 valence electrons. The minimum Gasteiger partial charge on any atom is -0.480 e.